The highest BCUT2D eigenvalue weighted by atomic mass is 27.0. The summed E-state index contributed by atoms with van der Waals surface area (Å²) < 4.78 is 5.19. The molecule has 0 atom stereocenters. The number of rotatable bonds is 1. The van der Waals surface area contributed by atoms with Gasteiger partial charge in [0, 0.05) is 28.9 Å². The Hall–Kier alpha value is -1.04. The Labute approximate surface area is 87.7 Å². The Morgan fingerprint density at radius 2 is 2.00 bits per heavy atom. The molecule has 1 aromatic carbocycles. The molecule has 3 heteroatoms. The number of pyridine rings is 1. The SMILES string of the molecule is COc1cccc2ncccc12.[Al]. The molecule has 0 unspecified atom stereocenters. The summed E-state index contributed by atoms with van der Waals surface area (Å²) in [6, 6.07) is 9.75. The smallest absolute Gasteiger partial charge is 0.128 e. The van der Waals surface area contributed by atoms with Gasteiger partial charge in [-0.3, -0.25) is 4.98 Å². The Kier molecular flexibility index (Phi) is 3.30. The standard InChI is InChI=1S/C10H9NO.Al/c1-12-10-6-2-5-9-8(10)4-3-7-11-9;/h2-7H,1H3;. The molecule has 0 aliphatic carbocycles. The summed E-state index contributed by atoms with van der Waals surface area (Å²) in [4.78, 5) is 4.21. The lowest BCUT2D eigenvalue weighted by Crippen LogP contribution is -1.85. The zero-order valence-corrected chi connectivity index (χ0v) is 8.55. The minimum atomic E-state index is 0. The van der Waals surface area contributed by atoms with Gasteiger partial charge in [-0.25, -0.2) is 0 Å². The summed E-state index contributed by atoms with van der Waals surface area (Å²) in [6.45, 7) is 0. The Bertz CT molecular complexity index is 398. The number of methoxy groups -OCH3 is 1. The van der Waals surface area contributed by atoms with Crippen LogP contribution in [0.3, 0.4) is 0 Å². The van der Waals surface area contributed by atoms with Gasteiger partial charge in [0.15, 0.2) is 0 Å². The molecule has 0 bridgehead atoms. The van der Waals surface area contributed by atoms with Crippen LogP contribution in [0.15, 0.2) is 36.5 Å². The fraction of sp³-hybridized carbons (Fsp3) is 0.100. The van der Waals surface area contributed by atoms with E-state index in [4.69, 9.17) is 4.74 Å². The van der Waals surface area contributed by atoms with Crippen molar-refractivity contribution in [3.8, 4) is 5.75 Å². The second-order valence-corrected chi connectivity index (χ2v) is 2.53. The van der Waals surface area contributed by atoms with E-state index in [1.807, 2.05) is 30.3 Å². The van der Waals surface area contributed by atoms with Crippen molar-refractivity contribution >= 4 is 28.3 Å². The maximum atomic E-state index is 5.19. The van der Waals surface area contributed by atoms with Gasteiger partial charge in [-0.15, -0.1) is 0 Å². The van der Waals surface area contributed by atoms with E-state index in [1.54, 1.807) is 13.3 Å². The van der Waals surface area contributed by atoms with Gasteiger partial charge in [-0.1, -0.05) is 6.07 Å². The van der Waals surface area contributed by atoms with Crippen molar-refractivity contribution in [3.63, 3.8) is 0 Å². The Morgan fingerprint density at radius 3 is 2.77 bits per heavy atom. The van der Waals surface area contributed by atoms with Gasteiger partial charge in [-0.05, 0) is 24.3 Å². The minimum Gasteiger partial charge on any atom is -0.496 e. The van der Waals surface area contributed by atoms with Crippen LogP contribution in [0.2, 0.25) is 0 Å². The first-order valence-corrected chi connectivity index (χ1v) is 3.79. The van der Waals surface area contributed by atoms with E-state index in [1.165, 1.54) is 0 Å². The predicted octanol–water partition coefficient (Wildman–Crippen LogP) is 1.86. The maximum absolute atomic E-state index is 5.19. The van der Waals surface area contributed by atoms with Crippen LogP contribution in [0.5, 0.6) is 5.75 Å². The number of hydrogen-bond acceptors (Lipinski definition) is 2. The van der Waals surface area contributed by atoms with Crippen LogP contribution in [0, 0.1) is 0 Å². The molecule has 1 heterocycles. The molecule has 0 saturated carbocycles. The molecule has 63 valence electrons. The number of fused-ring (bicyclic) bond motifs is 1. The topological polar surface area (TPSA) is 22.1 Å². The summed E-state index contributed by atoms with van der Waals surface area (Å²) in [5.41, 5.74) is 0.969. The van der Waals surface area contributed by atoms with Gasteiger partial charge < -0.3 is 4.74 Å². The molecule has 0 fully saturated rings. The third-order valence-corrected chi connectivity index (χ3v) is 1.83. The van der Waals surface area contributed by atoms with E-state index in [0.29, 0.717) is 0 Å². The summed E-state index contributed by atoms with van der Waals surface area (Å²) >= 11 is 0. The molecule has 0 aliphatic rings. The first-order valence-electron chi connectivity index (χ1n) is 3.79. The molecule has 13 heavy (non-hydrogen) atoms. The predicted molar refractivity (Wildman–Crippen MR) is 54.0 cm³/mol. The number of nitrogens with zero attached hydrogens (tertiary/aromatic N) is 1. The Morgan fingerprint density at radius 1 is 1.15 bits per heavy atom. The van der Waals surface area contributed by atoms with E-state index >= 15 is 0 Å². The van der Waals surface area contributed by atoms with Crippen LogP contribution < -0.4 is 4.74 Å². The van der Waals surface area contributed by atoms with Crippen LogP contribution >= 0.6 is 0 Å². The molecule has 3 radical (unpaired) electrons. The molecular formula is C10H9AlNO. The molecule has 0 aliphatic heterocycles. The average Bonchev–Trinajstić information content (AvgIpc) is 2.17. The number of hydrogen-bond donors (Lipinski definition) is 0. The third kappa shape index (κ3) is 1.83. The third-order valence-electron chi connectivity index (χ3n) is 1.83. The van der Waals surface area contributed by atoms with Crippen molar-refractivity contribution in [2.24, 2.45) is 0 Å². The minimum absolute atomic E-state index is 0. The van der Waals surface area contributed by atoms with Crippen LogP contribution in [0.1, 0.15) is 0 Å². The zero-order valence-electron chi connectivity index (χ0n) is 7.40. The number of aromatic nitrogens is 1. The highest BCUT2D eigenvalue weighted by Gasteiger charge is 1.98. The largest absolute Gasteiger partial charge is 0.496 e. The van der Waals surface area contributed by atoms with Crippen molar-refractivity contribution in [1.29, 1.82) is 0 Å². The molecular weight excluding hydrogens is 177 g/mol. The quantitative estimate of drug-likeness (QED) is 0.634. The Balaban J connectivity index is 0.000000845. The first-order chi connectivity index (χ1) is 5.92. The summed E-state index contributed by atoms with van der Waals surface area (Å²) in [6.07, 6.45) is 1.78. The average molecular weight is 186 g/mol. The van der Waals surface area contributed by atoms with Crippen LogP contribution in [0.4, 0.5) is 0 Å². The second-order valence-electron chi connectivity index (χ2n) is 2.53. The van der Waals surface area contributed by atoms with Gasteiger partial charge in [0.25, 0.3) is 0 Å². The molecule has 0 spiro atoms. The lowest BCUT2D eigenvalue weighted by Gasteiger charge is -2.02. The van der Waals surface area contributed by atoms with Gasteiger partial charge in [0.05, 0.1) is 12.6 Å². The van der Waals surface area contributed by atoms with E-state index in [-0.39, 0.29) is 17.4 Å². The van der Waals surface area contributed by atoms with Gasteiger partial charge in [-0.2, -0.15) is 0 Å². The lowest BCUT2D eigenvalue weighted by molar-refractivity contribution is 0.420. The van der Waals surface area contributed by atoms with Crippen LogP contribution in [-0.2, 0) is 0 Å². The van der Waals surface area contributed by atoms with Gasteiger partial charge >= 0.3 is 0 Å². The van der Waals surface area contributed by atoms with E-state index < -0.39 is 0 Å². The zero-order chi connectivity index (χ0) is 8.39. The molecule has 2 rings (SSSR count). The van der Waals surface area contributed by atoms with E-state index in [2.05, 4.69) is 4.98 Å². The van der Waals surface area contributed by atoms with Crippen molar-refractivity contribution in [1.82, 2.24) is 4.98 Å². The van der Waals surface area contributed by atoms with E-state index in [9.17, 15) is 0 Å². The van der Waals surface area contributed by atoms with Crippen molar-refractivity contribution < 1.29 is 4.74 Å². The number of ether oxygens (including phenoxy) is 1. The van der Waals surface area contributed by atoms with Crippen molar-refractivity contribution in [2.45, 2.75) is 0 Å². The highest BCUT2D eigenvalue weighted by molar-refractivity contribution is 5.84. The summed E-state index contributed by atoms with van der Waals surface area (Å²) in [5, 5.41) is 1.06. The molecule has 0 N–H and O–H groups in total. The normalized spacial score (nSPS) is 9.31. The molecule has 2 nitrogen and oxygen atoms in total. The van der Waals surface area contributed by atoms with Crippen molar-refractivity contribution in [3.05, 3.63) is 36.5 Å². The van der Waals surface area contributed by atoms with Crippen LogP contribution in [-0.4, -0.2) is 29.5 Å². The van der Waals surface area contributed by atoms with Gasteiger partial charge in [0.2, 0.25) is 0 Å². The fourth-order valence-corrected chi connectivity index (χ4v) is 1.25. The maximum Gasteiger partial charge on any atom is 0.128 e. The van der Waals surface area contributed by atoms with Gasteiger partial charge in [0.1, 0.15) is 5.75 Å². The lowest BCUT2D eigenvalue weighted by atomic mass is 10.2. The fourth-order valence-electron chi connectivity index (χ4n) is 1.25. The number of benzene rings is 1. The molecule has 0 amide bonds. The van der Waals surface area contributed by atoms with E-state index in [0.717, 1.165) is 16.7 Å². The highest BCUT2D eigenvalue weighted by Crippen LogP contribution is 2.22. The first kappa shape index (κ1) is 10.0. The summed E-state index contributed by atoms with van der Waals surface area (Å²) in [7, 11) is 1.67. The monoisotopic (exact) mass is 186 g/mol. The molecule has 2 aromatic rings. The molecule has 0 saturated heterocycles. The molecule has 1 aromatic heterocycles. The van der Waals surface area contributed by atoms with Crippen LogP contribution in [0.25, 0.3) is 10.9 Å². The summed E-state index contributed by atoms with van der Waals surface area (Å²) in [5.74, 6) is 0.876. The van der Waals surface area contributed by atoms with Crippen molar-refractivity contribution in [2.75, 3.05) is 7.11 Å². The second kappa shape index (κ2) is 4.27.